The highest BCUT2D eigenvalue weighted by Crippen LogP contribution is 2.18. The van der Waals surface area contributed by atoms with Gasteiger partial charge in [-0.15, -0.1) is 0 Å². The SMILES string of the molecule is CCCCc1ccc(NC(=O)[C@@H](C)Oc2ccccc2C)cc1. The molecule has 2 aromatic rings. The van der Waals surface area contributed by atoms with E-state index in [-0.39, 0.29) is 5.91 Å². The number of amides is 1. The molecule has 0 aliphatic carbocycles. The number of hydrogen-bond acceptors (Lipinski definition) is 2. The highest BCUT2D eigenvalue weighted by atomic mass is 16.5. The van der Waals surface area contributed by atoms with E-state index in [2.05, 4.69) is 24.4 Å². The molecule has 1 amide bonds. The molecule has 0 saturated heterocycles. The lowest BCUT2D eigenvalue weighted by Crippen LogP contribution is -2.30. The molecule has 0 unspecified atom stereocenters. The van der Waals surface area contributed by atoms with Gasteiger partial charge in [0.15, 0.2) is 6.10 Å². The minimum absolute atomic E-state index is 0.144. The number of aryl methyl sites for hydroxylation is 2. The van der Waals surface area contributed by atoms with Gasteiger partial charge in [-0.25, -0.2) is 0 Å². The molecule has 1 N–H and O–H groups in total. The van der Waals surface area contributed by atoms with Gasteiger partial charge in [-0.05, 0) is 56.0 Å². The zero-order chi connectivity index (χ0) is 16.7. The van der Waals surface area contributed by atoms with Gasteiger partial charge in [-0.3, -0.25) is 4.79 Å². The van der Waals surface area contributed by atoms with Crippen molar-refractivity contribution in [3.8, 4) is 5.75 Å². The average molecular weight is 311 g/mol. The quantitative estimate of drug-likeness (QED) is 0.802. The molecule has 0 aromatic heterocycles. The molecule has 0 radical (unpaired) electrons. The van der Waals surface area contributed by atoms with Crippen LogP contribution in [0.5, 0.6) is 5.75 Å². The number of hydrogen-bond donors (Lipinski definition) is 1. The van der Waals surface area contributed by atoms with Crippen LogP contribution in [-0.2, 0) is 11.2 Å². The van der Waals surface area contributed by atoms with Crippen molar-refractivity contribution >= 4 is 11.6 Å². The Morgan fingerprint density at radius 2 is 1.83 bits per heavy atom. The van der Waals surface area contributed by atoms with Gasteiger partial charge in [0.1, 0.15) is 5.75 Å². The molecule has 1 atom stereocenters. The summed E-state index contributed by atoms with van der Waals surface area (Å²) in [5, 5.41) is 2.90. The largest absolute Gasteiger partial charge is 0.481 e. The van der Waals surface area contributed by atoms with Gasteiger partial charge in [0.2, 0.25) is 0 Å². The molecular weight excluding hydrogens is 286 g/mol. The first-order valence-corrected chi connectivity index (χ1v) is 8.22. The number of para-hydroxylation sites is 1. The Morgan fingerprint density at radius 3 is 2.48 bits per heavy atom. The van der Waals surface area contributed by atoms with Gasteiger partial charge < -0.3 is 10.1 Å². The predicted octanol–water partition coefficient (Wildman–Crippen LogP) is 4.74. The molecule has 0 aliphatic rings. The Labute approximate surface area is 138 Å². The zero-order valence-corrected chi connectivity index (χ0v) is 14.1. The van der Waals surface area contributed by atoms with E-state index in [1.807, 2.05) is 43.3 Å². The Hall–Kier alpha value is -2.29. The van der Waals surface area contributed by atoms with E-state index >= 15 is 0 Å². The van der Waals surface area contributed by atoms with E-state index in [0.717, 1.165) is 23.4 Å². The monoisotopic (exact) mass is 311 g/mol. The number of anilines is 1. The second-order valence-electron chi connectivity index (χ2n) is 5.82. The number of rotatable bonds is 7. The zero-order valence-electron chi connectivity index (χ0n) is 14.1. The lowest BCUT2D eigenvalue weighted by molar-refractivity contribution is -0.122. The fraction of sp³-hybridized carbons (Fsp3) is 0.350. The van der Waals surface area contributed by atoms with E-state index in [9.17, 15) is 4.79 Å². The average Bonchev–Trinajstić information content (AvgIpc) is 2.56. The van der Waals surface area contributed by atoms with Gasteiger partial charge in [0.05, 0.1) is 0 Å². The van der Waals surface area contributed by atoms with Crippen LogP contribution in [0.1, 0.15) is 37.8 Å². The molecule has 0 bridgehead atoms. The van der Waals surface area contributed by atoms with E-state index in [1.165, 1.54) is 18.4 Å². The van der Waals surface area contributed by atoms with Crippen molar-refractivity contribution in [3.63, 3.8) is 0 Å². The standard InChI is InChI=1S/C20H25NO2/c1-4-5-9-17-11-13-18(14-12-17)21-20(22)16(3)23-19-10-7-6-8-15(19)2/h6-8,10-14,16H,4-5,9H2,1-3H3,(H,21,22)/t16-/m1/s1. The summed E-state index contributed by atoms with van der Waals surface area (Å²) < 4.78 is 5.74. The minimum Gasteiger partial charge on any atom is -0.481 e. The van der Waals surface area contributed by atoms with Crippen molar-refractivity contribution in [2.24, 2.45) is 0 Å². The molecule has 0 aliphatic heterocycles. The maximum atomic E-state index is 12.2. The van der Waals surface area contributed by atoms with Crippen LogP contribution in [0.2, 0.25) is 0 Å². The molecule has 0 fully saturated rings. The van der Waals surface area contributed by atoms with Crippen LogP contribution in [0, 0.1) is 6.92 Å². The molecule has 0 saturated carbocycles. The third kappa shape index (κ3) is 5.13. The number of nitrogens with one attached hydrogen (secondary N) is 1. The first-order valence-electron chi connectivity index (χ1n) is 8.22. The van der Waals surface area contributed by atoms with Gasteiger partial charge in [0, 0.05) is 5.69 Å². The molecule has 23 heavy (non-hydrogen) atoms. The Bertz CT molecular complexity index is 634. The number of carbonyl (C=O) groups is 1. The Morgan fingerprint density at radius 1 is 1.13 bits per heavy atom. The van der Waals surface area contributed by atoms with Crippen LogP contribution in [-0.4, -0.2) is 12.0 Å². The van der Waals surface area contributed by atoms with E-state index in [4.69, 9.17) is 4.74 Å². The third-order valence-corrected chi connectivity index (χ3v) is 3.81. The summed E-state index contributed by atoms with van der Waals surface area (Å²) in [6.45, 7) is 5.91. The summed E-state index contributed by atoms with van der Waals surface area (Å²) >= 11 is 0. The van der Waals surface area contributed by atoms with Gasteiger partial charge in [-0.2, -0.15) is 0 Å². The highest BCUT2D eigenvalue weighted by Gasteiger charge is 2.15. The van der Waals surface area contributed by atoms with Crippen LogP contribution < -0.4 is 10.1 Å². The van der Waals surface area contributed by atoms with E-state index in [1.54, 1.807) is 6.92 Å². The number of benzene rings is 2. The van der Waals surface area contributed by atoms with Crippen molar-refractivity contribution in [1.29, 1.82) is 0 Å². The molecule has 2 rings (SSSR count). The van der Waals surface area contributed by atoms with Crippen LogP contribution in [0.15, 0.2) is 48.5 Å². The normalized spacial score (nSPS) is 11.8. The fourth-order valence-corrected chi connectivity index (χ4v) is 2.31. The van der Waals surface area contributed by atoms with Gasteiger partial charge >= 0.3 is 0 Å². The summed E-state index contributed by atoms with van der Waals surface area (Å²) in [5.74, 6) is 0.597. The molecule has 2 aromatic carbocycles. The third-order valence-electron chi connectivity index (χ3n) is 3.81. The van der Waals surface area contributed by atoms with Gasteiger partial charge in [-0.1, -0.05) is 43.7 Å². The molecule has 0 spiro atoms. The molecular formula is C20H25NO2. The van der Waals surface area contributed by atoms with Crippen molar-refractivity contribution in [2.75, 3.05) is 5.32 Å². The number of carbonyl (C=O) groups excluding carboxylic acids is 1. The first-order chi connectivity index (χ1) is 11.1. The minimum atomic E-state index is -0.545. The lowest BCUT2D eigenvalue weighted by atomic mass is 10.1. The van der Waals surface area contributed by atoms with Crippen LogP contribution in [0.25, 0.3) is 0 Å². The van der Waals surface area contributed by atoms with Crippen LogP contribution in [0.4, 0.5) is 5.69 Å². The summed E-state index contributed by atoms with van der Waals surface area (Å²) in [5.41, 5.74) is 3.12. The van der Waals surface area contributed by atoms with E-state index < -0.39 is 6.10 Å². The fourth-order valence-electron chi connectivity index (χ4n) is 2.31. The maximum Gasteiger partial charge on any atom is 0.265 e. The number of unbranched alkanes of at least 4 members (excludes halogenated alkanes) is 1. The Balaban J connectivity index is 1.91. The van der Waals surface area contributed by atoms with Gasteiger partial charge in [0.25, 0.3) is 5.91 Å². The predicted molar refractivity (Wildman–Crippen MR) is 95.0 cm³/mol. The summed E-state index contributed by atoms with van der Waals surface area (Å²) in [7, 11) is 0. The van der Waals surface area contributed by atoms with Crippen molar-refractivity contribution < 1.29 is 9.53 Å². The van der Waals surface area contributed by atoms with Crippen molar-refractivity contribution in [3.05, 3.63) is 59.7 Å². The summed E-state index contributed by atoms with van der Waals surface area (Å²) in [4.78, 5) is 12.2. The molecule has 122 valence electrons. The first kappa shape index (κ1) is 17.1. The second-order valence-corrected chi connectivity index (χ2v) is 5.82. The summed E-state index contributed by atoms with van der Waals surface area (Å²) in [6.07, 6.45) is 2.91. The maximum absolute atomic E-state index is 12.2. The highest BCUT2D eigenvalue weighted by molar-refractivity contribution is 5.94. The molecule has 3 nitrogen and oxygen atoms in total. The second kappa shape index (κ2) is 8.37. The topological polar surface area (TPSA) is 38.3 Å². The van der Waals surface area contributed by atoms with Crippen LogP contribution in [0.3, 0.4) is 0 Å². The molecule has 3 heteroatoms. The van der Waals surface area contributed by atoms with Crippen molar-refractivity contribution in [2.45, 2.75) is 46.1 Å². The van der Waals surface area contributed by atoms with E-state index in [0.29, 0.717) is 0 Å². The lowest BCUT2D eigenvalue weighted by Gasteiger charge is -2.16. The Kier molecular flexibility index (Phi) is 6.21. The number of ether oxygens (including phenoxy) is 1. The smallest absolute Gasteiger partial charge is 0.265 e. The summed E-state index contributed by atoms with van der Waals surface area (Å²) in [6, 6.07) is 15.7. The van der Waals surface area contributed by atoms with Crippen LogP contribution >= 0.6 is 0 Å². The molecule has 0 heterocycles. The van der Waals surface area contributed by atoms with Crippen molar-refractivity contribution in [1.82, 2.24) is 0 Å².